The van der Waals surface area contributed by atoms with Crippen LogP contribution >= 0.6 is 0 Å². The van der Waals surface area contributed by atoms with Gasteiger partial charge in [0.25, 0.3) is 11.6 Å². The van der Waals surface area contributed by atoms with Crippen molar-refractivity contribution in [2.75, 3.05) is 26.2 Å². The number of nitro groups is 1. The van der Waals surface area contributed by atoms with Gasteiger partial charge in [-0.15, -0.1) is 0 Å². The summed E-state index contributed by atoms with van der Waals surface area (Å²) in [7, 11) is -4.10. The highest BCUT2D eigenvalue weighted by atomic mass is 32.2. The van der Waals surface area contributed by atoms with Crippen LogP contribution in [0.4, 0.5) is 5.69 Å². The lowest BCUT2D eigenvalue weighted by atomic mass is 10.1. The first-order valence-electron chi connectivity index (χ1n) is 13.6. The van der Waals surface area contributed by atoms with Gasteiger partial charge in [0.1, 0.15) is 10.6 Å². The zero-order valence-electron chi connectivity index (χ0n) is 23.3. The molecule has 0 aliphatic carbocycles. The van der Waals surface area contributed by atoms with Gasteiger partial charge in [0.15, 0.2) is 5.69 Å². The summed E-state index contributed by atoms with van der Waals surface area (Å²) >= 11 is 0. The van der Waals surface area contributed by atoms with Crippen LogP contribution in [0.1, 0.15) is 52.9 Å². The monoisotopic (exact) mass is 583 g/mol. The van der Waals surface area contributed by atoms with Crippen LogP contribution < -0.4 is 10.1 Å². The number of carbonyl (C=O) groups is 1. The average Bonchev–Trinajstić information content (AvgIpc) is 3.72. The second-order valence-electron chi connectivity index (χ2n) is 10.4. The number of hydrogen-bond donors (Lipinski definition) is 1. The summed E-state index contributed by atoms with van der Waals surface area (Å²) in [5, 5.41) is 19.1. The minimum atomic E-state index is -4.10. The van der Waals surface area contributed by atoms with E-state index in [4.69, 9.17) is 9.47 Å². The molecule has 3 aromatic rings. The van der Waals surface area contributed by atoms with Crippen molar-refractivity contribution in [3.63, 3.8) is 0 Å². The summed E-state index contributed by atoms with van der Waals surface area (Å²) in [4.78, 5) is 23.9. The quantitative estimate of drug-likeness (QED) is 0.291. The number of aryl methyl sites for hydroxylation is 2. The minimum absolute atomic E-state index is 0.0606. The van der Waals surface area contributed by atoms with Crippen LogP contribution in [0.15, 0.2) is 41.3 Å². The van der Waals surface area contributed by atoms with Gasteiger partial charge in [-0.2, -0.15) is 14.1 Å². The number of ether oxygens (including phenoxy) is 2. The average molecular weight is 584 g/mol. The number of amides is 1. The number of benzene rings is 2. The van der Waals surface area contributed by atoms with Crippen molar-refractivity contribution >= 4 is 21.6 Å². The van der Waals surface area contributed by atoms with E-state index in [2.05, 4.69) is 10.4 Å². The molecule has 1 amide bonds. The molecular weight excluding hydrogens is 550 g/mol. The Labute approximate surface area is 238 Å². The van der Waals surface area contributed by atoms with E-state index in [0.717, 1.165) is 30.0 Å². The predicted molar refractivity (Wildman–Crippen MR) is 150 cm³/mol. The van der Waals surface area contributed by atoms with E-state index in [1.165, 1.54) is 21.1 Å². The van der Waals surface area contributed by atoms with E-state index < -0.39 is 20.9 Å². The molecule has 3 heterocycles. The Morgan fingerprint density at radius 1 is 1.15 bits per heavy atom. The van der Waals surface area contributed by atoms with E-state index in [1.807, 2.05) is 32.0 Å². The molecule has 1 atom stereocenters. The Kier molecular flexibility index (Phi) is 8.11. The first-order valence-corrected chi connectivity index (χ1v) is 15.0. The second-order valence-corrected chi connectivity index (χ2v) is 12.3. The molecule has 1 aromatic heterocycles. The lowest BCUT2D eigenvalue weighted by Crippen LogP contribution is -2.32. The maximum atomic E-state index is 13.6. The van der Waals surface area contributed by atoms with Crippen LogP contribution in [0.25, 0.3) is 5.69 Å². The van der Waals surface area contributed by atoms with Gasteiger partial charge in [-0.1, -0.05) is 12.1 Å². The topological polar surface area (TPSA) is 146 Å². The highest BCUT2D eigenvalue weighted by Crippen LogP contribution is 2.38. The molecule has 0 spiro atoms. The van der Waals surface area contributed by atoms with Gasteiger partial charge in [-0.05, 0) is 69.7 Å². The Morgan fingerprint density at radius 3 is 2.59 bits per heavy atom. The standard InChI is InChI=1S/C28H33N5O7S/c1-18-8-9-19(2)23(15-18)32-28(20(3)26(30-32)27(34)29-17-22-7-6-14-39-22)40-24-11-10-21(33(35)36)16-25(24)41(37,38)31-12-4-5-13-31/h8-11,15-16,22H,4-7,12-14,17H2,1-3H3,(H,29,34)/t22-/m1/s1. The summed E-state index contributed by atoms with van der Waals surface area (Å²) in [6.07, 6.45) is 3.14. The number of nitro benzene ring substituents is 1. The van der Waals surface area contributed by atoms with Gasteiger partial charge in [0, 0.05) is 43.9 Å². The second kappa shape index (κ2) is 11.6. The Hall–Kier alpha value is -3.81. The fraction of sp³-hybridized carbons (Fsp3) is 0.429. The fourth-order valence-corrected chi connectivity index (χ4v) is 6.74. The molecule has 2 fully saturated rings. The van der Waals surface area contributed by atoms with E-state index >= 15 is 0 Å². The van der Waals surface area contributed by atoms with E-state index in [1.54, 1.807) is 6.92 Å². The zero-order chi connectivity index (χ0) is 29.3. The van der Waals surface area contributed by atoms with Gasteiger partial charge in [0.05, 0.1) is 16.7 Å². The Balaban J connectivity index is 1.60. The Bertz CT molecular complexity index is 1590. The van der Waals surface area contributed by atoms with Crippen LogP contribution in [0.3, 0.4) is 0 Å². The lowest BCUT2D eigenvalue weighted by molar-refractivity contribution is -0.385. The summed E-state index contributed by atoms with van der Waals surface area (Å²) < 4.78 is 41.9. The van der Waals surface area contributed by atoms with Crippen molar-refractivity contribution in [1.82, 2.24) is 19.4 Å². The summed E-state index contributed by atoms with van der Waals surface area (Å²) in [6.45, 7) is 7.12. The molecule has 0 unspecified atom stereocenters. The van der Waals surface area contributed by atoms with Gasteiger partial charge in [0.2, 0.25) is 15.9 Å². The van der Waals surface area contributed by atoms with Gasteiger partial charge < -0.3 is 14.8 Å². The van der Waals surface area contributed by atoms with Crippen LogP contribution in [0.2, 0.25) is 0 Å². The van der Waals surface area contributed by atoms with Crippen molar-refractivity contribution in [1.29, 1.82) is 0 Å². The first kappa shape index (κ1) is 28.7. The van der Waals surface area contributed by atoms with Gasteiger partial charge >= 0.3 is 0 Å². The summed E-state index contributed by atoms with van der Waals surface area (Å²) in [5.74, 6) is -0.378. The van der Waals surface area contributed by atoms with E-state index in [-0.39, 0.29) is 34.0 Å². The molecule has 12 nitrogen and oxygen atoms in total. The Morgan fingerprint density at radius 2 is 1.90 bits per heavy atom. The number of rotatable bonds is 9. The molecule has 2 saturated heterocycles. The summed E-state index contributed by atoms with van der Waals surface area (Å²) in [5.41, 5.74) is 2.57. The molecule has 0 radical (unpaired) electrons. The number of sulfonamides is 1. The normalized spacial score (nSPS) is 17.6. The highest BCUT2D eigenvalue weighted by molar-refractivity contribution is 7.89. The molecule has 1 N–H and O–H groups in total. The molecule has 2 aliphatic heterocycles. The van der Waals surface area contributed by atoms with Crippen LogP contribution in [-0.2, 0) is 14.8 Å². The first-order chi connectivity index (χ1) is 19.6. The molecule has 41 heavy (non-hydrogen) atoms. The third-order valence-electron chi connectivity index (χ3n) is 7.42. The summed E-state index contributed by atoms with van der Waals surface area (Å²) in [6, 6.07) is 9.24. The smallest absolute Gasteiger partial charge is 0.272 e. The fourth-order valence-electron chi connectivity index (χ4n) is 5.09. The number of nitrogens with zero attached hydrogens (tertiary/aromatic N) is 4. The van der Waals surface area contributed by atoms with Crippen LogP contribution in [0.5, 0.6) is 11.6 Å². The lowest BCUT2D eigenvalue weighted by Gasteiger charge is -2.19. The van der Waals surface area contributed by atoms with Crippen molar-refractivity contribution in [2.24, 2.45) is 0 Å². The van der Waals surface area contributed by atoms with Crippen molar-refractivity contribution in [3.05, 3.63) is 68.9 Å². The number of carbonyl (C=O) groups excluding carboxylic acids is 1. The SMILES string of the molecule is Cc1ccc(C)c(-n2nc(C(=O)NC[C@H]3CCCO3)c(C)c2Oc2ccc([N+](=O)[O-])cc2S(=O)(=O)N2CCCC2)c1. The van der Waals surface area contributed by atoms with Crippen molar-refractivity contribution < 1.29 is 27.6 Å². The third-order valence-corrected chi connectivity index (χ3v) is 9.34. The van der Waals surface area contributed by atoms with Crippen LogP contribution in [-0.4, -0.2) is 65.7 Å². The van der Waals surface area contributed by atoms with Gasteiger partial charge in [-0.25, -0.2) is 8.42 Å². The van der Waals surface area contributed by atoms with Gasteiger partial charge in [-0.3, -0.25) is 14.9 Å². The molecule has 13 heteroatoms. The van der Waals surface area contributed by atoms with E-state index in [9.17, 15) is 23.3 Å². The van der Waals surface area contributed by atoms with Crippen LogP contribution in [0, 0.1) is 30.9 Å². The molecular formula is C28H33N5O7S. The predicted octanol–water partition coefficient (Wildman–Crippen LogP) is 4.19. The molecule has 0 bridgehead atoms. The largest absolute Gasteiger partial charge is 0.437 e. The highest BCUT2D eigenvalue weighted by Gasteiger charge is 2.33. The number of aromatic nitrogens is 2. The molecule has 2 aliphatic rings. The molecule has 0 saturated carbocycles. The maximum Gasteiger partial charge on any atom is 0.272 e. The molecule has 2 aromatic carbocycles. The number of nitrogens with one attached hydrogen (secondary N) is 1. The van der Waals surface area contributed by atoms with E-state index in [0.29, 0.717) is 50.3 Å². The zero-order valence-corrected chi connectivity index (χ0v) is 24.1. The number of non-ortho nitro benzene ring substituents is 1. The minimum Gasteiger partial charge on any atom is -0.437 e. The maximum absolute atomic E-state index is 13.6. The van der Waals surface area contributed by atoms with Crippen molar-refractivity contribution in [2.45, 2.75) is 57.5 Å². The molecule has 218 valence electrons. The molecule has 5 rings (SSSR count). The van der Waals surface area contributed by atoms with Crippen molar-refractivity contribution in [3.8, 4) is 17.3 Å². The third kappa shape index (κ3) is 5.83. The number of hydrogen-bond acceptors (Lipinski definition) is 8.